The lowest BCUT2D eigenvalue weighted by molar-refractivity contribution is 0.180. The second-order valence-corrected chi connectivity index (χ2v) is 4.20. The van der Waals surface area contributed by atoms with E-state index in [9.17, 15) is 0 Å². The van der Waals surface area contributed by atoms with Crippen molar-refractivity contribution in [1.29, 1.82) is 0 Å². The van der Waals surface area contributed by atoms with Crippen molar-refractivity contribution in [3.05, 3.63) is 23.9 Å². The molecule has 4 nitrogen and oxygen atoms in total. The topological polar surface area (TPSA) is 57.4 Å². The Morgan fingerprint density at radius 3 is 3.06 bits per heavy atom. The van der Waals surface area contributed by atoms with Gasteiger partial charge in [-0.05, 0) is 24.3 Å². The predicted molar refractivity (Wildman–Crippen MR) is 61.4 cm³/mol. The fourth-order valence-electron chi connectivity index (χ4n) is 1.98. The normalized spacial score (nSPS) is 22.0. The minimum atomic E-state index is 0.165. The Balaban J connectivity index is 1.92. The van der Waals surface area contributed by atoms with E-state index in [1.54, 1.807) is 7.11 Å². The summed E-state index contributed by atoms with van der Waals surface area (Å²) < 4.78 is 10.3. The number of aromatic nitrogens is 1. The van der Waals surface area contributed by atoms with Crippen LogP contribution in [-0.4, -0.2) is 31.3 Å². The van der Waals surface area contributed by atoms with Gasteiger partial charge in [0.05, 0.1) is 13.7 Å². The molecule has 0 aromatic carbocycles. The summed E-state index contributed by atoms with van der Waals surface area (Å²) in [7, 11) is 1.61. The molecule has 1 fully saturated rings. The van der Waals surface area contributed by atoms with Crippen molar-refractivity contribution in [3.8, 4) is 5.88 Å². The minimum absolute atomic E-state index is 0.165. The molecule has 2 heterocycles. The van der Waals surface area contributed by atoms with Gasteiger partial charge >= 0.3 is 0 Å². The molecule has 0 saturated carbocycles. The first-order valence-corrected chi connectivity index (χ1v) is 5.62. The molecule has 1 saturated heterocycles. The SMILES string of the molecule is COc1ccc(CC(N)C2CCOC2)cn1. The highest BCUT2D eigenvalue weighted by molar-refractivity contribution is 5.18. The molecule has 0 bridgehead atoms. The van der Waals surface area contributed by atoms with Crippen LogP contribution < -0.4 is 10.5 Å². The van der Waals surface area contributed by atoms with Crippen LogP contribution in [-0.2, 0) is 11.2 Å². The molecular formula is C12H18N2O2. The van der Waals surface area contributed by atoms with Gasteiger partial charge in [-0.15, -0.1) is 0 Å². The Hall–Kier alpha value is -1.13. The lowest BCUT2D eigenvalue weighted by Gasteiger charge is -2.17. The van der Waals surface area contributed by atoms with Crippen molar-refractivity contribution in [2.75, 3.05) is 20.3 Å². The van der Waals surface area contributed by atoms with Gasteiger partial charge in [0, 0.05) is 24.9 Å². The van der Waals surface area contributed by atoms with Crippen LogP contribution in [0.2, 0.25) is 0 Å². The number of rotatable bonds is 4. The van der Waals surface area contributed by atoms with E-state index in [4.69, 9.17) is 15.2 Å². The number of nitrogens with zero attached hydrogens (tertiary/aromatic N) is 1. The molecule has 0 spiro atoms. The lowest BCUT2D eigenvalue weighted by atomic mass is 9.94. The minimum Gasteiger partial charge on any atom is -0.481 e. The predicted octanol–water partition coefficient (Wildman–Crippen LogP) is 0.996. The van der Waals surface area contributed by atoms with E-state index < -0.39 is 0 Å². The number of methoxy groups -OCH3 is 1. The number of hydrogen-bond donors (Lipinski definition) is 1. The zero-order valence-electron chi connectivity index (χ0n) is 9.56. The molecule has 1 aliphatic rings. The number of ether oxygens (including phenoxy) is 2. The molecule has 2 N–H and O–H groups in total. The first kappa shape index (κ1) is 11.4. The third kappa shape index (κ3) is 2.71. The smallest absolute Gasteiger partial charge is 0.212 e. The van der Waals surface area contributed by atoms with E-state index in [0.717, 1.165) is 31.6 Å². The summed E-state index contributed by atoms with van der Waals surface area (Å²) in [5, 5.41) is 0. The number of pyridine rings is 1. The molecule has 0 aliphatic carbocycles. The molecule has 0 radical (unpaired) electrons. The van der Waals surface area contributed by atoms with Crippen LogP contribution in [0.5, 0.6) is 5.88 Å². The summed E-state index contributed by atoms with van der Waals surface area (Å²) in [6.45, 7) is 1.64. The second-order valence-electron chi connectivity index (χ2n) is 4.20. The summed E-state index contributed by atoms with van der Waals surface area (Å²) in [4.78, 5) is 4.17. The number of nitrogens with two attached hydrogens (primary N) is 1. The fraction of sp³-hybridized carbons (Fsp3) is 0.583. The largest absolute Gasteiger partial charge is 0.481 e. The Labute approximate surface area is 95.8 Å². The van der Waals surface area contributed by atoms with Gasteiger partial charge in [0.25, 0.3) is 0 Å². The molecular weight excluding hydrogens is 204 g/mol. The monoisotopic (exact) mass is 222 g/mol. The first-order chi connectivity index (χ1) is 7.79. The molecule has 4 heteroatoms. The first-order valence-electron chi connectivity index (χ1n) is 5.62. The van der Waals surface area contributed by atoms with Crippen molar-refractivity contribution < 1.29 is 9.47 Å². The van der Waals surface area contributed by atoms with Gasteiger partial charge in [-0.1, -0.05) is 6.07 Å². The molecule has 0 amide bonds. The van der Waals surface area contributed by atoms with E-state index in [2.05, 4.69) is 4.98 Å². The quantitative estimate of drug-likeness (QED) is 0.825. The van der Waals surface area contributed by atoms with Crippen LogP contribution in [0.4, 0.5) is 0 Å². The Bertz CT molecular complexity index is 320. The van der Waals surface area contributed by atoms with Crippen molar-refractivity contribution in [3.63, 3.8) is 0 Å². The fourth-order valence-corrected chi connectivity index (χ4v) is 1.98. The highest BCUT2D eigenvalue weighted by atomic mass is 16.5. The van der Waals surface area contributed by atoms with Crippen molar-refractivity contribution in [2.45, 2.75) is 18.9 Å². The average molecular weight is 222 g/mol. The third-order valence-electron chi connectivity index (χ3n) is 3.05. The molecule has 16 heavy (non-hydrogen) atoms. The van der Waals surface area contributed by atoms with Crippen LogP contribution >= 0.6 is 0 Å². The van der Waals surface area contributed by atoms with E-state index >= 15 is 0 Å². The molecule has 2 atom stereocenters. The van der Waals surface area contributed by atoms with Gasteiger partial charge in [-0.25, -0.2) is 4.98 Å². The van der Waals surface area contributed by atoms with Gasteiger partial charge in [0.1, 0.15) is 0 Å². The molecule has 2 unspecified atom stereocenters. The van der Waals surface area contributed by atoms with Gasteiger partial charge < -0.3 is 15.2 Å². The van der Waals surface area contributed by atoms with E-state index in [-0.39, 0.29) is 6.04 Å². The number of hydrogen-bond acceptors (Lipinski definition) is 4. The summed E-state index contributed by atoms with van der Waals surface area (Å²) in [5.74, 6) is 1.13. The van der Waals surface area contributed by atoms with Crippen LogP contribution in [0.15, 0.2) is 18.3 Å². The maximum absolute atomic E-state index is 6.14. The van der Waals surface area contributed by atoms with Gasteiger partial charge in [0.15, 0.2) is 0 Å². The molecule has 1 aromatic rings. The van der Waals surface area contributed by atoms with Crippen LogP contribution in [0, 0.1) is 5.92 Å². The molecule has 88 valence electrons. The average Bonchev–Trinajstić information content (AvgIpc) is 2.83. The lowest BCUT2D eigenvalue weighted by Crippen LogP contribution is -2.32. The highest BCUT2D eigenvalue weighted by Gasteiger charge is 2.22. The summed E-state index contributed by atoms with van der Waals surface area (Å²) in [6, 6.07) is 4.05. The molecule has 1 aliphatic heterocycles. The summed E-state index contributed by atoms with van der Waals surface area (Å²) in [5.41, 5.74) is 7.30. The van der Waals surface area contributed by atoms with Gasteiger partial charge in [-0.2, -0.15) is 0 Å². The van der Waals surface area contributed by atoms with Gasteiger partial charge in [-0.3, -0.25) is 0 Å². The zero-order valence-corrected chi connectivity index (χ0v) is 9.56. The maximum atomic E-state index is 6.14. The Kier molecular flexibility index (Phi) is 3.74. The third-order valence-corrected chi connectivity index (χ3v) is 3.05. The van der Waals surface area contributed by atoms with E-state index in [0.29, 0.717) is 11.8 Å². The second kappa shape index (κ2) is 5.27. The summed E-state index contributed by atoms with van der Waals surface area (Å²) >= 11 is 0. The highest BCUT2D eigenvalue weighted by Crippen LogP contribution is 2.18. The Morgan fingerprint density at radius 2 is 2.50 bits per heavy atom. The van der Waals surface area contributed by atoms with Crippen molar-refractivity contribution in [2.24, 2.45) is 11.7 Å². The summed E-state index contributed by atoms with van der Waals surface area (Å²) in [6.07, 6.45) is 3.75. The Morgan fingerprint density at radius 1 is 1.62 bits per heavy atom. The molecule has 2 rings (SSSR count). The zero-order chi connectivity index (χ0) is 11.4. The van der Waals surface area contributed by atoms with Crippen LogP contribution in [0.25, 0.3) is 0 Å². The van der Waals surface area contributed by atoms with Crippen molar-refractivity contribution >= 4 is 0 Å². The maximum Gasteiger partial charge on any atom is 0.212 e. The van der Waals surface area contributed by atoms with Gasteiger partial charge in [0.2, 0.25) is 5.88 Å². The molecule has 1 aromatic heterocycles. The van der Waals surface area contributed by atoms with Crippen LogP contribution in [0.3, 0.4) is 0 Å². The van der Waals surface area contributed by atoms with E-state index in [1.807, 2.05) is 18.3 Å². The van der Waals surface area contributed by atoms with Crippen molar-refractivity contribution in [1.82, 2.24) is 4.98 Å². The standard InChI is InChI=1S/C12H18N2O2/c1-15-12-3-2-9(7-14-12)6-11(13)10-4-5-16-8-10/h2-3,7,10-11H,4-6,8,13H2,1H3. The van der Waals surface area contributed by atoms with E-state index in [1.165, 1.54) is 0 Å². The van der Waals surface area contributed by atoms with Crippen LogP contribution in [0.1, 0.15) is 12.0 Å².